The number of hydrogen-bond donors (Lipinski definition) is 1. The summed E-state index contributed by atoms with van der Waals surface area (Å²) in [5.41, 5.74) is 2.66. The van der Waals surface area contributed by atoms with Crippen LogP contribution in [0.1, 0.15) is 50.1 Å². The van der Waals surface area contributed by atoms with Crippen molar-refractivity contribution in [1.29, 1.82) is 0 Å². The Morgan fingerprint density at radius 1 is 1.14 bits per heavy atom. The molecule has 1 fully saturated rings. The number of amides is 1. The van der Waals surface area contributed by atoms with Crippen LogP contribution in [0, 0.1) is 0 Å². The second-order valence-corrected chi connectivity index (χ2v) is 8.43. The number of rotatable bonds is 7. The van der Waals surface area contributed by atoms with Crippen LogP contribution in [0.2, 0.25) is 0 Å². The van der Waals surface area contributed by atoms with Gasteiger partial charge in [0.05, 0.1) is 25.5 Å². The Morgan fingerprint density at radius 2 is 1.86 bits per heavy atom. The highest BCUT2D eigenvalue weighted by Crippen LogP contribution is 2.23. The molecule has 2 heterocycles. The topological polar surface area (TPSA) is 54.7 Å². The number of nitrogens with zero attached hydrogens (tertiary/aromatic N) is 1. The van der Waals surface area contributed by atoms with Crippen molar-refractivity contribution in [3.8, 4) is 0 Å². The maximum atomic E-state index is 12.4. The Morgan fingerprint density at radius 3 is 2.46 bits per heavy atom. The first kappa shape index (κ1) is 20.6. The lowest BCUT2D eigenvalue weighted by Gasteiger charge is -2.33. The molecule has 1 aliphatic heterocycles. The zero-order valence-corrected chi connectivity index (χ0v) is 17.2. The largest absolute Gasteiger partial charge is 0.468 e. The van der Waals surface area contributed by atoms with Crippen LogP contribution in [0.15, 0.2) is 47.1 Å². The van der Waals surface area contributed by atoms with Gasteiger partial charge < -0.3 is 14.5 Å². The van der Waals surface area contributed by atoms with E-state index in [2.05, 4.69) is 55.3 Å². The predicted molar refractivity (Wildman–Crippen MR) is 110 cm³/mol. The predicted octanol–water partition coefficient (Wildman–Crippen LogP) is 3.70. The van der Waals surface area contributed by atoms with E-state index in [0.717, 1.165) is 38.5 Å². The van der Waals surface area contributed by atoms with E-state index >= 15 is 0 Å². The van der Waals surface area contributed by atoms with Crippen LogP contribution < -0.4 is 5.32 Å². The third kappa shape index (κ3) is 5.69. The molecule has 1 aliphatic rings. The van der Waals surface area contributed by atoms with E-state index in [1.165, 1.54) is 11.1 Å². The van der Waals surface area contributed by atoms with Gasteiger partial charge in [0, 0.05) is 26.1 Å². The molecule has 0 bridgehead atoms. The SMILES string of the molecule is CC(C)(C)c1ccc(CCC(=O)NCC(c2ccco2)N2CCOCC2)cc1. The molecule has 0 spiro atoms. The van der Waals surface area contributed by atoms with Crippen LogP contribution in [0.4, 0.5) is 0 Å². The van der Waals surface area contributed by atoms with E-state index in [0.29, 0.717) is 13.0 Å². The highest BCUT2D eigenvalue weighted by atomic mass is 16.5. The van der Waals surface area contributed by atoms with Crippen molar-refractivity contribution in [2.24, 2.45) is 0 Å². The quantitative estimate of drug-likeness (QED) is 0.791. The Bertz CT molecular complexity index is 726. The van der Waals surface area contributed by atoms with Gasteiger partial charge in [0.1, 0.15) is 5.76 Å². The molecule has 28 heavy (non-hydrogen) atoms. The Hall–Kier alpha value is -2.11. The van der Waals surface area contributed by atoms with Gasteiger partial charge in [0.25, 0.3) is 0 Å². The second-order valence-electron chi connectivity index (χ2n) is 8.43. The van der Waals surface area contributed by atoms with Gasteiger partial charge in [0.2, 0.25) is 5.91 Å². The van der Waals surface area contributed by atoms with Gasteiger partial charge in [-0.2, -0.15) is 0 Å². The number of furan rings is 1. The van der Waals surface area contributed by atoms with E-state index in [4.69, 9.17) is 9.15 Å². The minimum Gasteiger partial charge on any atom is -0.468 e. The third-order valence-corrected chi connectivity index (χ3v) is 5.31. The van der Waals surface area contributed by atoms with Crippen LogP contribution in [0.3, 0.4) is 0 Å². The van der Waals surface area contributed by atoms with Crippen LogP contribution in [-0.4, -0.2) is 43.7 Å². The minimum atomic E-state index is 0.0499. The molecule has 1 atom stereocenters. The van der Waals surface area contributed by atoms with Crippen LogP contribution in [0.25, 0.3) is 0 Å². The Labute approximate surface area is 168 Å². The summed E-state index contributed by atoms with van der Waals surface area (Å²) in [6, 6.07) is 12.5. The van der Waals surface area contributed by atoms with Gasteiger partial charge in [-0.3, -0.25) is 9.69 Å². The number of morpholine rings is 1. The molecule has 2 aromatic rings. The van der Waals surface area contributed by atoms with Crippen molar-refractivity contribution < 1.29 is 13.9 Å². The molecule has 1 aromatic heterocycles. The minimum absolute atomic E-state index is 0.0499. The molecule has 0 aliphatic carbocycles. The normalized spacial score (nSPS) is 16.7. The first-order chi connectivity index (χ1) is 13.4. The summed E-state index contributed by atoms with van der Waals surface area (Å²) in [5, 5.41) is 3.09. The fraction of sp³-hybridized carbons (Fsp3) is 0.522. The molecule has 0 radical (unpaired) electrons. The summed E-state index contributed by atoms with van der Waals surface area (Å²) in [6.07, 6.45) is 2.92. The molecule has 1 saturated heterocycles. The number of aryl methyl sites for hydroxylation is 1. The molecule has 152 valence electrons. The molecule has 3 rings (SSSR count). The van der Waals surface area contributed by atoms with Crippen LogP contribution in [0.5, 0.6) is 0 Å². The van der Waals surface area contributed by atoms with Crippen LogP contribution >= 0.6 is 0 Å². The molecule has 5 nitrogen and oxygen atoms in total. The second kappa shape index (κ2) is 9.39. The van der Waals surface area contributed by atoms with Gasteiger partial charge in [-0.05, 0) is 35.1 Å². The summed E-state index contributed by atoms with van der Waals surface area (Å²) >= 11 is 0. The number of nitrogens with one attached hydrogen (secondary N) is 1. The summed E-state index contributed by atoms with van der Waals surface area (Å²) in [5.74, 6) is 0.963. The van der Waals surface area contributed by atoms with E-state index in [-0.39, 0.29) is 17.4 Å². The first-order valence-corrected chi connectivity index (χ1v) is 10.1. The van der Waals surface area contributed by atoms with E-state index in [1.807, 2.05) is 12.1 Å². The monoisotopic (exact) mass is 384 g/mol. The summed E-state index contributed by atoms with van der Waals surface area (Å²) in [4.78, 5) is 14.7. The van der Waals surface area contributed by atoms with E-state index in [9.17, 15) is 4.79 Å². The summed E-state index contributed by atoms with van der Waals surface area (Å²) in [7, 11) is 0. The van der Waals surface area contributed by atoms with Gasteiger partial charge in [-0.15, -0.1) is 0 Å². The molecule has 5 heteroatoms. The maximum Gasteiger partial charge on any atom is 0.220 e. The summed E-state index contributed by atoms with van der Waals surface area (Å²) < 4.78 is 11.1. The average Bonchev–Trinajstić information content (AvgIpc) is 3.21. The molecular formula is C23H32N2O3. The van der Waals surface area contributed by atoms with Gasteiger partial charge in [-0.1, -0.05) is 45.0 Å². The van der Waals surface area contributed by atoms with Gasteiger partial charge in [0.15, 0.2) is 0 Å². The standard InChI is InChI=1S/C23H32N2O3/c1-23(2,3)19-9-6-18(7-10-19)8-11-22(26)24-17-20(21-5-4-14-28-21)25-12-15-27-16-13-25/h4-7,9-10,14,20H,8,11-13,15-17H2,1-3H3,(H,24,26). The summed E-state index contributed by atoms with van der Waals surface area (Å²) in [6.45, 7) is 10.3. The number of ether oxygens (including phenoxy) is 1. The van der Waals surface area contributed by atoms with Crippen molar-refractivity contribution in [2.45, 2.75) is 45.1 Å². The maximum absolute atomic E-state index is 12.4. The van der Waals surface area contributed by atoms with Crippen molar-refractivity contribution in [1.82, 2.24) is 10.2 Å². The number of benzene rings is 1. The number of carbonyl (C=O) groups is 1. The Balaban J connectivity index is 1.50. The molecule has 1 aromatic carbocycles. The molecular weight excluding hydrogens is 352 g/mol. The molecule has 1 N–H and O–H groups in total. The highest BCUT2D eigenvalue weighted by molar-refractivity contribution is 5.76. The number of carbonyl (C=O) groups excluding carboxylic acids is 1. The van der Waals surface area contributed by atoms with Crippen molar-refractivity contribution in [2.75, 3.05) is 32.8 Å². The molecule has 1 amide bonds. The lowest BCUT2D eigenvalue weighted by molar-refractivity contribution is -0.121. The average molecular weight is 385 g/mol. The zero-order chi connectivity index (χ0) is 20.0. The molecule has 1 unspecified atom stereocenters. The smallest absolute Gasteiger partial charge is 0.220 e. The first-order valence-electron chi connectivity index (χ1n) is 10.1. The van der Waals surface area contributed by atoms with E-state index < -0.39 is 0 Å². The van der Waals surface area contributed by atoms with Crippen molar-refractivity contribution in [3.63, 3.8) is 0 Å². The van der Waals surface area contributed by atoms with Gasteiger partial charge >= 0.3 is 0 Å². The van der Waals surface area contributed by atoms with Crippen molar-refractivity contribution >= 4 is 5.91 Å². The van der Waals surface area contributed by atoms with Gasteiger partial charge in [-0.25, -0.2) is 0 Å². The highest BCUT2D eigenvalue weighted by Gasteiger charge is 2.25. The van der Waals surface area contributed by atoms with Crippen molar-refractivity contribution in [3.05, 3.63) is 59.5 Å². The number of hydrogen-bond acceptors (Lipinski definition) is 4. The van der Waals surface area contributed by atoms with E-state index in [1.54, 1.807) is 6.26 Å². The lowest BCUT2D eigenvalue weighted by Crippen LogP contribution is -2.43. The zero-order valence-electron chi connectivity index (χ0n) is 17.2. The Kier molecular flexibility index (Phi) is 6.92. The third-order valence-electron chi connectivity index (χ3n) is 5.31. The molecule has 0 saturated carbocycles. The van der Waals surface area contributed by atoms with Crippen LogP contribution in [-0.2, 0) is 21.4 Å². The lowest BCUT2D eigenvalue weighted by atomic mass is 9.86. The fourth-order valence-corrected chi connectivity index (χ4v) is 3.51. The fourth-order valence-electron chi connectivity index (χ4n) is 3.51.